The Hall–Kier alpha value is -2.13. The summed E-state index contributed by atoms with van der Waals surface area (Å²) in [5.41, 5.74) is -1.84. The molecule has 0 bridgehead atoms. The van der Waals surface area contributed by atoms with Crippen molar-refractivity contribution >= 4 is 11.6 Å². The Balaban J connectivity index is 3.05. The Morgan fingerprint density at radius 2 is 1.89 bits per heavy atom. The molecular formula is C10H10F2N2O5. The molecule has 3 N–H and O–H groups in total. The standard InChI is InChI=1S/C10H10F2N2O5/c11-7-2-9(14(18)19)8(12)1-6(7)10(17)13-5(3-15)4-16/h1-2,5,15-16H,3-4H2,(H,13,17). The lowest BCUT2D eigenvalue weighted by Gasteiger charge is -2.13. The lowest BCUT2D eigenvalue weighted by Crippen LogP contribution is -2.40. The molecule has 19 heavy (non-hydrogen) atoms. The summed E-state index contributed by atoms with van der Waals surface area (Å²) in [7, 11) is 0. The number of nitro benzene ring substituents is 1. The van der Waals surface area contributed by atoms with Crippen LogP contribution in [0.4, 0.5) is 14.5 Å². The third kappa shape index (κ3) is 3.42. The summed E-state index contributed by atoms with van der Waals surface area (Å²) in [5, 5.41) is 29.9. The highest BCUT2D eigenvalue weighted by molar-refractivity contribution is 5.95. The summed E-state index contributed by atoms with van der Waals surface area (Å²) in [6.07, 6.45) is 0. The van der Waals surface area contributed by atoms with Gasteiger partial charge >= 0.3 is 5.69 Å². The molecule has 0 unspecified atom stereocenters. The maximum atomic E-state index is 13.4. The topological polar surface area (TPSA) is 113 Å². The Bertz CT molecular complexity index is 505. The molecule has 0 spiro atoms. The maximum absolute atomic E-state index is 13.4. The van der Waals surface area contributed by atoms with Gasteiger partial charge in [0.2, 0.25) is 5.82 Å². The molecule has 7 nitrogen and oxygen atoms in total. The summed E-state index contributed by atoms with van der Waals surface area (Å²) >= 11 is 0. The molecule has 0 radical (unpaired) electrons. The fourth-order valence-corrected chi connectivity index (χ4v) is 1.26. The predicted octanol–water partition coefficient (Wildman–Crippen LogP) is -0.0440. The molecule has 0 aliphatic carbocycles. The van der Waals surface area contributed by atoms with Crippen molar-refractivity contribution in [1.82, 2.24) is 5.32 Å². The van der Waals surface area contributed by atoms with Crippen LogP contribution in [-0.2, 0) is 0 Å². The first-order valence-electron chi connectivity index (χ1n) is 5.06. The van der Waals surface area contributed by atoms with Crippen LogP contribution < -0.4 is 5.32 Å². The third-order valence-corrected chi connectivity index (χ3v) is 2.25. The number of aliphatic hydroxyl groups is 2. The highest BCUT2D eigenvalue weighted by atomic mass is 19.1. The molecule has 0 heterocycles. The first-order valence-corrected chi connectivity index (χ1v) is 5.06. The normalized spacial score (nSPS) is 10.6. The fraction of sp³-hybridized carbons (Fsp3) is 0.300. The van der Waals surface area contributed by atoms with E-state index in [0.717, 1.165) is 0 Å². The van der Waals surface area contributed by atoms with Gasteiger partial charge in [-0.1, -0.05) is 0 Å². The molecule has 0 fully saturated rings. The van der Waals surface area contributed by atoms with Gasteiger partial charge in [0.15, 0.2) is 0 Å². The van der Waals surface area contributed by atoms with Crippen LogP contribution in [0.2, 0.25) is 0 Å². The van der Waals surface area contributed by atoms with Gasteiger partial charge in [-0.25, -0.2) is 4.39 Å². The maximum Gasteiger partial charge on any atom is 0.307 e. The molecule has 9 heteroatoms. The van der Waals surface area contributed by atoms with E-state index in [1.165, 1.54) is 0 Å². The van der Waals surface area contributed by atoms with Crippen molar-refractivity contribution in [3.05, 3.63) is 39.4 Å². The summed E-state index contributed by atoms with van der Waals surface area (Å²) in [4.78, 5) is 20.8. The van der Waals surface area contributed by atoms with Gasteiger partial charge in [-0.05, 0) is 6.07 Å². The van der Waals surface area contributed by atoms with Crippen LogP contribution in [0.15, 0.2) is 12.1 Å². The van der Waals surface area contributed by atoms with Gasteiger partial charge in [0.25, 0.3) is 5.91 Å². The van der Waals surface area contributed by atoms with Gasteiger partial charge in [0.1, 0.15) is 5.82 Å². The fourth-order valence-electron chi connectivity index (χ4n) is 1.26. The Kier molecular flexibility index (Phi) is 4.84. The van der Waals surface area contributed by atoms with Gasteiger partial charge in [-0.2, -0.15) is 4.39 Å². The van der Waals surface area contributed by atoms with E-state index in [0.29, 0.717) is 6.07 Å². The van der Waals surface area contributed by atoms with Crippen molar-refractivity contribution in [3.8, 4) is 0 Å². The average Bonchev–Trinajstić information content (AvgIpc) is 2.37. The van der Waals surface area contributed by atoms with Crippen LogP contribution in [-0.4, -0.2) is 40.3 Å². The van der Waals surface area contributed by atoms with E-state index in [1.807, 2.05) is 5.32 Å². The van der Waals surface area contributed by atoms with Crippen LogP contribution in [0, 0.1) is 21.7 Å². The number of amides is 1. The Morgan fingerprint density at radius 3 is 2.37 bits per heavy atom. The number of carbonyl (C=O) groups excluding carboxylic acids is 1. The van der Waals surface area contributed by atoms with Crippen LogP contribution in [0.5, 0.6) is 0 Å². The minimum atomic E-state index is -1.36. The van der Waals surface area contributed by atoms with Crippen molar-refractivity contribution in [2.24, 2.45) is 0 Å². The lowest BCUT2D eigenvalue weighted by atomic mass is 10.1. The SMILES string of the molecule is O=C(NC(CO)CO)c1cc(F)c([N+](=O)[O-])cc1F. The van der Waals surface area contributed by atoms with Crippen molar-refractivity contribution in [2.45, 2.75) is 6.04 Å². The summed E-state index contributed by atoms with van der Waals surface area (Å²) in [5.74, 6) is -3.74. The molecule has 0 aromatic heterocycles. The van der Waals surface area contributed by atoms with Crippen LogP contribution >= 0.6 is 0 Å². The molecule has 0 saturated carbocycles. The number of nitrogens with one attached hydrogen (secondary N) is 1. The Labute approximate surface area is 105 Å². The molecule has 0 saturated heterocycles. The number of carbonyl (C=O) groups is 1. The largest absolute Gasteiger partial charge is 0.394 e. The second-order valence-corrected chi connectivity index (χ2v) is 3.58. The number of halogens is 2. The number of benzene rings is 1. The molecule has 1 amide bonds. The number of hydrogen-bond donors (Lipinski definition) is 3. The zero-order valence-electron chi connectivity index (χ0n) is 9.47. The smallest absolute Gasteiger partial charge is 0.307 e. The molecule has 1 aromatic rings. The zero-order valence-corrected chi connectivity index (χ0v) is 9.47. The average molecular weight is 276 g/mol. The first kappa shape index (κ1) is 14.9. The van der Waals surface area contributed by atoms with Crippen molar-refractivity contribution in [1.29, 1.82) is 0 Å². The van der Waals surface area contributed by atoms with Gasteiger partial charge in [-0.3, -0.25) is 14.9 Å². The van der Waals surface area contributed by atoms with Gasteiger partial charge < -0.3 is 15.5 Å². The van der Waals surface area contributed by atoms with Gasteiger partial charge in [0, 0.05) is 0 Å². The zero-order chi connectivity index (χ0) is 14.6. The monoisotopic (exact) mass is 276 g/mol. The van der Waals surface area contributed by atoms with Gasteiger partial charge in [-0.15, -0.1) is 0 Å². The highest BCUT2D eigenvalue weighted by Gasteiger charge is 2.23. The Morgan fingerprint density at radius 1 is 1.32 bits per heavy atom. The quantitative estimate of drug-likeness (QED) is 0.515. The molecule has 1 rings (SSSR count). The second-order valence-electron chi connectivity index (χ2n) is 3.58. The van der Waals surface area contributed by atoms with E-state index in [2.05, 4.69) is 0 Å². The third-order valence-electron chi connectivity index (χ3n) is 2.25. The van der Waals surface area contributed by atoms with E-state index in [9.17, 15) is 23.7 Å². The molecule has 0 aliphatic heterocycles. The minimum Gasteiger partial charge on any atom is -0.394 e. The van der Waals surface area contributed by atoms with Gasteiger partial charge in [0.05, 0.1) is 35.8 Å². The van der Waals surface area contributed by atoms with Crippen molar-refractivity contribution in [2.75, 3.05) is 13.2 Å². The molecule has 0 aliphatic rings. The predicted molar refractivity (Wildman–Crippen MR) is 58.4 cm³/mol. The second kappa shape index (κ2) is 6.16. The van der Waals surface area contributed by atoms with E-state index in [-0.39, 0.29) is 6.07 Å². The molecule has 104 valence electrons. The number of nitro groups is 1. The van der Waals surface area contributed by atoms with Crippen LogP contribution in [0.3, 0.4) is 0 Å². The lowest BCUT2D eigenvalue weighted by molar-refractivity contribution is -0.387. The first-order chi connectivity index (χ1) is 8.90. The van der Waals surface area contributed by atoms with Crippen molar-refractivity contribution < 1.29 is 28.7 Å². The van der Waals surface area contributed by atoms with E-state index in [4.69, 9.17) is 10.2 Å². The minimum absolute atomic E-state index is 0.289. The van der Waals surface area contributed by atoms with Crippen molar-refractivity contribution in [3.63, 3.8) is 0 Å². The molecular weight excluding hydrogens is 266 g/mol. The number of hydrogen-bond acceptors (Lipinski definition) is 5. The van der Waals surface area contributed by atoms with E-state index < -0.39 is 53.0 Å². The van der Waals surface area contributed by atoms with E-state index >= 15 is 0 Å². The summed E-state index contributed by atoms with van der Waals surface area (Å²) in [6, 6.07) is -0.365. The van der Waals surface area contributed by atoms with Crippen LogP contribution in [0.25, 0.3) is 0 Å². The van der Waals surface area contributed by atoms with Crippen LogP contribution in [0.1, 0.15) is 10.4 Å². The highest BCUT2D eigenvalue weighted by Crippen LogP contribution is 2.21. The molecule has 1 aromatic carbocycles. The number of rotatable bonds is 5. The summed E-state index contributed by atoms with van der Waals surface area (Å²) in [6.45, 7) is -1.20. The van der Waals surface area contributed by atoms with E-state index in [1.54, 1.807) is 0 Å². The molecule has 0 atom stereocenters. The number of nitrogens with zero attached hydrogens (tertiary/aromatic N) is 1. The summed E-state index contributed by atoms with van der Waals surface area (Å²) < 4.78 is 26.7. The number of aliphatic hydroxyl groups excluding tert-OH is 2.